The molecule has 1 aromatic carbocycles. The van der Waals surface area contributed by atoms with Crippen molar-refractivity contribution in [3.63, 3.8) is 0 Å². The van der Waals surface area contributed by atoms with Gasteiger partial charge in [-0.05, 0) is 36.3 Å². The minimum atomic E-state index is -0.728. The zero-order chi connectivity index (χ0) is 15.9. The van der Waals surface area contributed by atoms with E-state index in [-0.39, 0.29) is 12.5 Å². The summed E-state index contributed by atoms with van der Waals surface area (Å²) in [5.41, 5.74) is 2.68. The quantitative estimate of drug-likeness (QED) is 0.658. The first kappa shape index (κ1) is 16.2. The maximum Gasteiger partial charge on any atom is 0.244 e. The molecular formula is C17H17ClN2O2. The van der Waals surface area contributed by atoms with E-state index in [4.69, 9.17) is 11.6 Å². The molecule has 2 rings (SSSR count). The van der Waals surface area contributed by atoms with Crippen LogP contribution in [0, 0.1) is 6.92 Å². The average Bonchev–Trinajstić information content (AvgIpc) is 2.51. The van der Waals surface area contributed by atoms with Crippen molar-refractivity contribution in [1.29, 1.82) is 0 Å². The van der Waals surface area contributed by atoms with E-state index >= 15 is 0 Å². The smallest absolute Gasteiger partial charge is 0.244 e. The Morgan fingerprint density at radius 2 is 2.09 bits per heavy atom. The van der Waals surface area contributed by atoms with Crippen molar-refractivity contribution in [2.75, 3.05) is 6.54 Å². The molecule has 114 valence electrons. The molecule has 0 aliphatic rings. The summed E-state index contributed by atoms with van der Waals surface area (Å²) in [5, 5.41) is 13.0. The largest absolute Gasteiger partial charge is 0.387 e. The van der Waals surface area contributed by atoms with Gasteiger partial charge in [0.25, 0.3) is 0 Å². The molecule has 0 bridgehead atoms. The molecule has 22 heavy (non-hydrogen) atoms. The van der Waals surface area contributed by atoms with Crippen molar-refractivity contribution in [2.45, 2.75) is 13.0 Å². The molecule has 2 N–H and O–H groups in total. The number of carbonyl (C=O) groups is 1. The Morgan fingerprint density at radius 3 is 2.77 bits per heavy atom. The van der Waals surface area contributed by atoms with Gasteiger partial charge in [-0.1, -0.05) is 41.4 Å². The van der Waals surface area contributed by atoms with Gasteiger partial charge in [-0.2, -0.15) is 0 Å². The van der Waals surface area contributed by atoms with Crippen molar-refractivity contribution >= 4 is 23.6 Å². The molecule has 0 saturated heterocycles. The molecule has 0 aliphatic carbocycles. The Bertz CT molecular complexity index is 669. The van der Waals surface area contributed by atoms with Crippen LogP contribution < -0.4 is 5.32 Å². The predicted octanol–water partition coefficient (Wildman–Crippen LogP) is 2.91. The first-order chi connectivity index (χ1) is 10.5. The van der Waals surface area contributed by atoms with E-state index in [1.807, 2.05) is 31.2 Å². The van der Waals surface area contributed by atoms with Gasteiger partial charge >= 0.3 is 0 Å². The second-order valence-corrected chi connectivity index (χ2v) is 5.30. The fourth-order valence-electron chi connectivity index (χ4n) is 1.86. The van der Waals surface area contributed by atoms with Crippen molar-refractivity contribution < 1.29 is 9.90 Å². The number of nitrogens with zero attached hydrogens (tertiary/aromatic N) is 1. The highest BCUT2D eigenvalue weighted by molar-refractivity contribution is 6.29. The van der Waals surface area contributed by atoms with Gasteiger partial charge in [0.15, 0.2) is 0 Å². The number of amides is 1. The van der Waals surface area contributed by atoms with Crippen LogP contribution in [0.5, 0.6) is 0 Å². The van der Waals surface area contributed by atoms with Crippen molar-refractivity contribution in [3.8, 4) is 0 Å². The highest BCUT2D eigenvalue weighted by atomic mass is 35.5. The van der Waals surface area contributed by atoms with E-state index in [0.29, 0.717) is 5.15 Å². The van der Waals surface area contributed by atoms with Crippen LogP contribution in [0.15, 0.2) is 48.7 Å². The van der Waals surface area contributed by atoms with Gasteiger partial charge in [-0.3, -0.25) is 4.79 Å². The number of hydrogen-bond donors (Lipinski definition) is 2. The summed E-state index contributed by atoms with van der Waals surface area (Å²) in [5.74, 6) is -0.279. The number of carbonyl (C=O) groups excluding carboxylic acids is 1. The molecule has 1 unspecified atom stereocenters. The summed E-state index contributed by atoms with van der Waals surface area (Å²) < 4.78 is 0. The Balaban J connectivity index is 1.86. The molecule has 0 fully saturated rings. The Labute approximate surface area is 134 Å². The highest BCUT2D eigenvalue weighted by Crippen LogP contribution is 2.12. The van der Waals surface area contributed by atoms with Gasteiger partial charge in [-0.25, -0.2) is 4.98 Å². The third-order valence-electron chi connectivity index (χ3n) is 3.11. The summed E-state index contributed by atoms with van der Waals surface area (Å²) in [7, 11) is 0. The van der Waals surface area contributed by atoms with Crippen LogP contribution >= 0.6 is 11.6 Å². The molecule has 0 spiro atoms. The van der Waals surface area contributed by atoms with Gasteiger partial charge in [0.1, 0.15) is 5.15 Å². The molecular weight excluding hydrogens is 300 g/mol. The number of pyridine rings is 1. The zero-order valence-electron chi connectivity index (χ0n) is 12.2. The molecule has 1 amide bonds. The van der Waals surface area contributed by atoms with Gasteiger partial charge in [0, 0.05) is 18.8 Å². The highest BCUT2D eigenvalue weighted by Gasteiger charge is 2.07. The number of aliphatic hydroxyl groups is 1. The van der Waals surface area contributed by atoms with Crippen molar-refractivity contribution in [2.24, 2.45) is 0 Å². The second-order valence-electron chi connectivity index (χ2n) is 4.92. The minimum Gasteiger partial charge on any atom is -0.387 e. The van der Waals surface area contributed by atoms with Crippen LogP contribution in [0.25, 0.3) is 6.08 Å². The van der Waals surface area contributed by atoms with Crippen LogP contribution in [-0.4, -0.2) is 22.5 Å². The summed E-state index contributed by atoms with van der Waals surface area (Å²) >= 11 is 5.76. The Hall–Kier alpha value is -2.17. The maximum absolute atomic E-state index is 11.7. The summed E-state index contributed by atoms with van der Waals surface area (Å²) in [4.78, 5) is 15.6. The number of rotatable bonds is 5. The molecule has 1 heterocycles. The average molecular weight is 317 g/mol. The molecule has 4 nitrogen and oxygen atoms in total. The van der Waals surface area contributed by atoms with E-state index in [1.54, 1.807) is 24.4 Å². The second kappa shape index (κ2) is 7.73. The van der Waals surface area contributed by atoms with Gasteiger partial charge in [0.05, 0.1) is 6.10 Å². The lowest BCUT2D eigenvalue weighted by Crippen LogP contribution is -2.26. The number of aryl methyl sites for hydroxylation is 1. The Kier molecular flexibility index (Phi) is 5.69. The van der Waals surface area contributed by atoms with Gasteiger partial charge in [-0.15, -0.1) is 0 Å². The zero-order valence-corrected chi connectivity index (χ0v) is 12.9. The van der Waals surface area contributed by atoms with E-state index in [1.165, 1.54) is 6.08 Å². The van der Waals surface area contributed by atoms with Crippen LogP contribution in [0.1, 0.15) is 22.8 Å². The van der Waals surface area contributed by atoms with Crippen LogP contribution in [0.3, 0.4) is 0 Å². The van der Waals surface area contributed by atoms with E-state index < -0.39 is 6.10 Å². The van der Waals surface area contributed by atoms with Crippen molar-refractivity contribution in [3.05, 3.63) is 70.5 Å². The van der Waals surface area contributed by atoms with E-state index in [2.05, 4.69) is 10.3 Å². The number of halogens is 1. The standard InChI is InChI=1S/C17H17ClN2O2/c1-12-2-5-14(6-3-12)15(21)11-20-17(22)7-4-13-8-9-19-16(18)10-13/h2-10,15,21H,11H2,1H3,(H,20,22)/b7-4+. The number of benzene rings is 1. The fraction of sp³-hybridized carbons (Fsp3) is 0.176. The number of aliphatic hydroxyl groups excluding tert-OH is 1. The van der Waals surface area contributed by atoms with Crippen LogP contribution in [-0.2, 0) is 4.79 Å². The van der Waals surface area contributed by atoms with Crippen molar-refractivity contribution in [1.82, 2.24) is 10.3 Å². The summed E-state index contributed by atoms with van der Waals surface area (Å²) in [6, 6.07) is 11.0. The molecule has 1 atom stereocenters. The molecule has 0 aliphatic heterocycles. The first-order valence-corrected chi connectivity index (χ1v) is 7.24. The minimum absolute atomic E-state index is 0.156. The van der Waals surface area contributed by atoms with Crippen LogP contribution in [0.4, 0.5) is 0 Å². The lowest BCUT2D eigenvalue weighted by atomic mass is 10.1. The molecule has 0 saturated carbocycles. The molecule has 0 radical (unpaired) electrons. The van der Waals surface area contributed by atoms with Gasteiger partial charge < -0.3 is 10.4 Å². The van der Waals surface area contributed by atoms with E-state index in [0.717, 1.165) is 16.7 Å². The number of nitrogens with one attached hydrogen (secondary N) is 1. The topological polar surface area (TPSA) is 62.2 Å². The first-order valence-electron chi connectivity index (χ1n) is 6.86. The molecule has 5 heteroatoms. The maximum atomic E-state index is 11.7. The lowest BCUT2D eigenvalue weighted by Gasteiger charge is -2.11. The third kappa shape index (κ3) is 4.98. The lowest BCUT2D eigenvalue weighted by molar-refractivity contribution is -0.116. The SMILES string of the molecule is Cc1ccc(C(O)CNC(=O)/C=C/c2ccnc(Cl)c2)cc1. The van der Waals surface area contributed by atoms with Crippen LogP contribution in [0.2, 0.25) is 5.15 Å². The monoisotopic (exact) mass is 316 g/mol. The number of hydrogen-bond acceptors (Lipinski definition) is 3. The fourth-order valence-corrected chi connectivity index (χ4v) is 2.04. The Morgan fingerprint density at radius 1 is 1.36 bits per heavy atom. The molecule has 1 aromatic heterocycles. The van der Waals surface area contributed by atoms with Gasteiger partial charge in [0.2, 0.25) is 5.91 Å². The normalized spacial score (nSPS) is 12.3. The third-order valence-corrected chi connectivity index (χ3v) is 3.32. The predicted molar refractivity (Wildman–Crippen MR) is 87.4 cm³/mol. The summed E-state index contributed by atoms with van der Waals surface area (Å²) in [6.07, 6.45) is 3.88. The van der Waals surface area contributed by atoms with E-state index in [9.17, 15) is 9.90 Å². The number of aromatic nitrogens is 1. The summed E-state index contributed by atoms with van der Waals surface area (Å²) in [6.45, 7) is 2.14. The molecule has 2 aromatic rings.